The number of halogens is 1. The fourth-order valence-electron chi connectivity index (χ4n) is 2.14. The lowest BCUT2D eigenvalue weighted by atomic mass is 10.00. The summed E-state index contributed by atoms with van der Waals surface area (Å²) in [5, 5.41) is 3.05. The summed E-state index contributed by atoms with van der Waals surface area (Å²) in [4.78, 5) is 11.7. The second kappa shape index (κ2) is 6.26. The molecule has 1 amide bonds. The lowest BCUT2D eigenvalue weighted by Gasteiger charge is -2.19. The van der Waals surface area contributed by atoms with Crippen LogP contribution in [0.3, 0.4) is 0 Å². The summed E-state index contributed by atoms with van der Waals surface area (Å²) in [6.45, 7) is 1.74. The van der Waals surface area contributed by atoms with Crippen molar-refractivity contribution in [3.8, 4) is 5.75 Å². The van der Waals surface area contributed by atoms with Crippen LogP contribution in [0.25, 0.3) is 0 Å². The van der Waals surface area contributed by atoms with Crippen molar-refractivity contribution < 1.29 is 13.9 Å². The van der Waals surface area contributed by atoms with Gasteiger partial charge in [-0.15, -0.1) is 0 Å². The highest BCUT2D eigenvalue weighted by Crippen LogP contribution is 2.25. The Hall–Kier alpha value is -2.56. The second-order valence-corrected chi connectivity index (χ2v) is 4.71. The van der Waals surface area contributed by atoms with Crippen LogP contribution in [-0.2, 0) is 4.79 Å². The number of methoxy groups -OCH3 is 1. The first-order chi connectivity index (χ1) is 10.0. The van der Waals surface area contributed by atoms with E-state index >= 15 is 0 Å². The molecule has 5 heteroatoms. The average molecular weight is 288 g/mol. The van der Waals surface area contributed by atoms with Crippen molar-refractivity contribution in [1.82, 2.24) is 0 Å². The summed E-state index contributed by atoms with van der Waals surface area (Å²) in [5.74, 6) is -0.215. The van der Waals surface area contributed by atoms with Crippen LogP contribution in [0.15, 0.2) is 42.5 Å². The Labute approximate surface area is 122 Å². The normalized spacial score (nSPS) is 11.8. The highest BCUT2D eigenvalue weighted by molar-refractivity contribution is 5.85. The van der Waals surface area contributed by atoms with E-state index in [0.29, 0.717) is 22.6 Å². The van der Waals surface area contributed by atoms with Crippen LogP contribution in [0.2, 0.25) is 0 Å². The van der Waals surface area contributed by atoms with Gasteiger partial charge < -0.3 is 15.8 Å². The molecule has 0 aromatic heterocycles. The second-order valence-electron chi connectivity index (χ2n) is 4.71. The molecule has 0 heterocycles. The number of benzene rings is 2. The molecule has 2 aromatic carbocycles. The van der Waals surface area contributed by atoms with Crippen molar-refractivity contribution in [1.29, 1.82) is 0 Å². The number of nitrogens with one attached hydrogen (secondary N) is 1. The van der Waals surface area contributed by atoms with Crippen LogP contribution in [0.5, 0.6) is 5.75 Å². The number of primary amides is 1. The number of hydrogen-bond donors (Lipinski definition) is 2. The Morgan fingerprint density at radius 3 is 2.67 bits per heavy atom. The monoisotopic (exact) mass is 288 g/mol. The maximum Gasteiger partial charge on any atom is 0.244 e. The van der Waals surface area contributed by atoms with E-state index < -0.39 is 11.9 Å². The van der Waals surface area contributed by atoms with Gasteiger partial charge in [0.2, 0.25) is 5.91 Å². The van der Waals surface area contributed by atoms with Crippen LogP contribution in [0, 0.1) is 12.7 Å². The molecule has 0 aliphatic carbocycles. The third kappa shape index (κ3) is 3.51. The molecule has 0 spiro atoms. The number of aryl methyl sites for hydroxylation is 1. The zero-order valence-corrected chi connectivity index (χ0v) is 11.9. The summed E-state index contributed by atoms with van der Waals surface area (Å²) in [7, 11) is 1.56. The van der Waals surface area contributed by atoms with Gasteiger partial charge in [-0.2, -0.15) is 0 Å². The Kier molecular flexibility index (Phi) is 4.42. The fourth-order valence-corrected chi connectivity index (χ4v) is 2.14. The molecule has 1 unspecified atom stereocenters. The summed E-state index contributed by atoms with van der Waals surface area (Å²) < 4.78 is 18.3. The summed E-state index contributed by atoms with van der Waals surface area (Å²) in [5.41, 5.74) is 7.47. The number of amides is 1. The lowest BCUT2D eigenvalue weighted by Crippen LogP contribution is -2.28. The van der Waals surface area contributed by atoms with Crippen LogP contribution >= 0.6 is 0 Å². The summed E-state index contributed by atoms with van der Waals surface area (Å²) in [6, 6.07) is 10.7. The number of rotatable bonds is 5. The highest BCUT2D eigenvalue weighted by Gasteiger charge is 2.20. The minimum atomic E-state index is -0.738. The summed E-state index contributed by atoms with van der Waals surface area (Å²) >= 11 is 0. The smallest absolute Gasteiger partial charge is 0.244 e. The first kappa shape index (κ1) is 14.8. The van der Waals surface area contributed by atoms with Gasteiger partial charge in [-0.25, -0.2) is 4.39 Å². The molecule has 21 heavy (non-hydrogen) atoms. The topological polar surface area (TPSA) is 64.3 Å². The molecule has 0 fully saturated rings. The van der Waals surface area contributed by atoms with Gasteiger partial charge in [0.25, 0.3) is 0 Å². The Morgan fingerprint density at radius 2 is 2.05 bits per heavy atom. The van der Waals surface area contributed by atoms with Crippen molar-refractivity contribution in [3.63, 3.8) is 0 Å². The maximum absolute atomic E-state index is 13.2. The van der Waals surface area contributed by atoms with E-state index in [1.807, 2.05) is 0 Å². The number of carbonyl (C=O) groups is 1. The molecule has 0 aliphatic heterocycles. The van der Waals surface area contributed by atoms with E-state index in [-0.39, 0.29) is 5.82 Å². The fraction of sp³-hybridized carbons (Fsp3) is 0.188. The molecule has 1 atom stereocenters. The zero-order chi connectivity index (χ0) is 15.4. The first-order valence-electron chi connectivity index (χ1n) is 6.47. The first-order valence-corrected chi connectivity index (χ1v) is 6.47. The van der Waals surface area contributed by atoms with Gasteiger partial charge in [0.05, 0.1) is 7.11 Å². The molecule has 2 aromatic rings. The molecule has 0 saturated heterocycles. The molecule has 3 N–H and O–H groups in total. The lowest BCUT2D eigenvalue weighted by molar-refractivity contribution is -0.118. The van der Waals surface area contributed by atoms with Crippen molar-refractivity contribution in [2.45, 2.75) is 13.0 Å². The van der Waals surface area contributed by atoms with Gasteiger partial charge in [0, 0.05) is 11.8 Å². The number of ether oxygens (including phenoxy) is 1. The number of carbonyl (C=O) groups excluding carboxylic acids is 1. The van der Waals surface area contributed by atoms with E-state index in [9.17, 15) is 9.18 Å². The molecule has 4 nitrogen and oxygen atoms in total. The molecular formula is C16H17FN2O2. The van der Waals surface area contributed by atoms with Crippen molar-refractivity contribution in [2.24, 2.45) is 5.73 Å². The third-order valence-electron chi connectivity index (χ3n) is 3.21. The van der Waals surface area contributed by atoms with Gasteiger partial charge in [-0.3, -0.25) is 4.79 Å². The van der Waals surface area contributed by atoms with Gasteiger partial charge in [-0.1, -0.05) is 12.1 Å². The van der Waals surface area contributed by atoms with Crippen molar-refractivity contribution >= 4 is 11.6 Å². The molecule has 0 radical (unpaired) electrons. The number of nitrogens with two attached hydrogens (primary N) is 1. The predicted molar refractivity (Wildman–Crippen MR) is 79.7 cm³/mol. The van der Waals surface area contributed by atoms with E-state index in [4.69, 9.17) is 10.5 Å². The number of anilines is 1. The Balaban J connectivity index is 2.33. The van der Waals surface area contributed by atoms with E-state index in [1.54, 1.807) is 44.4 Å². The standard InChI is InChI=1S/C16H17FN2O2/c1-10-8-11(17)6-7-14(10)15(16(18)20)19-12-4-3-5-13(9-12)21-2/h3-9,15,19H,1-2H3,(H2,18,20). The van der Waals surface area contributed by atoms with Gasteiger partial charge in [0.15, 0.2) is 0 Å². The van der Waals surface area contributed by atoms with E-state index in [0.717, 1.165) is 0 Å². The maximum atomic E-state index is 13.2. The summed E-state index contributed by atoms with van der Waals surface area (Å²) in [6.07, 6.45) is 0. The van der Waals surface area contributed by atoms with Crippen molar-refractivity contribution in [2.75, 3.05) is 12.4 Å². The van der Waals surface area contributed by atoms with Crippen LogP contribution in [0.1, 0.15) is 17.2 Å². The Morgan fingerprint density at radius 1 is 1.29 bits per heavy atom. The van der Waals surface area contributed by atoms with Gasteiger partial charge in [0.1, 0.15) is 17.6 Å². The molecule has 0 saturated carbocycles. The van der Waals surface area contributed by atoms with E-state index in [2.05, 4.69) is 5.32 Å². The predicted octanol–water partition coefficient (Wildman–Crippen LogP) is 2.78. The molecule has 0 bridgehead atoms. The average Bonchev–Trinajstić information content (AvgIpc) is 2.45. The highest BCUT2D eigenvalue weighted by atomic mass is 19.1. The van der Waals surface area contributed by atoms with Crippen LogP contribution in [-0.4, -0.2) is 13.0 Å². The van der Waals surface area contributed by atoms with Crippen LogP contribution in [0.4, 0.5) is 10.1 Å². The zero-order valence-electron chi connectivity index (χ0n) is 11.9. The SMILES string of the molecule is COc1cccc(NC(C(N)=O)c2ccc(F)cc2C)c1. The van der Waals surface area contributed by atoms with E-state index in [1.165, 1.54) is 12.1 Å². The van der Waals surface area contributed by atoms with Crippen LogP contribution < -0.4 is 15.8 Å². The van der Waals surface area contributed by atoms with Crippen molar-refractivity contribution in [3.05, 3.63) is 59.4 Å². The molecule has 110 valence electrons. The minimum absolute atomic E-state index is 0.346. The molecule has 2 rings (SSSR count). The van der Waals surface area contributed by atoms with Gasteiger partial charge >= 0.3 is 0 Å². The third-order valence-corrected chi connectivity index (χ3v) is 3.21. The quantitative estimate of drug-likeness (QED) is 0.889. The molecule has 0 aliphatic rings. The van der Waals surface area contributed by atoms with Gasteiger partial charge in [-0.05, 0) is 42.3 Å². The molecular weight excluding hydrogens is 271 g/mol. The largest absolute Gasteiger partial charge is 0.497 e. The Bertz CT molecular complexity index is 658. The minimum Gasteiger partial charge on any atom is -0.497 e. The number of hydrogen-bond acceptors (Lipinski definition) is 3.